The number of carboxylic acids is 1. The summed E-state index contributed by atoms with van der Waals surface area (Å²) < 4.78 is 1.48. The van der Waals surface area contributed by atoms with Gasteiger partial charge in [-0.15, -0.1) is 0 Å². The molecule has 0 aliphatic heterocycles. The molecule has 3 rings (SSSR count). The minimum absolute atomic E-state index is 0.103. The average molecular weight is 328 g/mol. The molecule has 5 heteroatoms. The van der Waals surface area contributed by atoms with Gasteiger partial charge < -0.3 is 9.67 Å². The Labute approximate surface area is 137 Å². The lowest BCUT2D eigenvalue weighted by Crippen LogP contribution is -2.23. The monoisotopic (exact) mass is 327 g/mol. The molecule has 3 aromatic rings. The average Bonchev–Trinajstić information content (AvgIpc) is 2.54. The Morgan fingerprint density at radius 1 is 1.09 bits per heavy atom. The summed E-state index contributed by atoms with van der Waals surface area (Å²) in [5, 5.41) is 10.3. The van der Waals surface area contributed by atoms with E-state index in [1.165, 1.54) is 4.57 Å². The molecule has 0 bridgehead atoms. The van der Waals surface area contributed by atoms with Gasteiger partial charge in [-0.1, -0.05) is 48.0 Å². The van der Waals surface area contributed by atoms with Crippen LogP contribution in [0.4, 0.5) is 0 Å². The molecule has 2 aromatic carbocycles. The number of hydrogen-bond acceptors (Lipinski definition) is 2. The Hall–Kier alpha value is -2.59. The standard InChI is InChI=1S/C18H14ClNO3/c19-14-7-6-13-10-15(12-4-2-1-3-5-12)18(23)20(16(13)11-14)9-8-17(21)22/h1-7,10-11H,8-9H2,(H,21,22). The highest BCUT2D eigenvalue weighted by Gasteiger charge is 2.12. The van der Waals surface area contributed by atoms with Crippen molar-refractivity contribution in [1.82, 2.24) is 4.57 Å². The zero-order chi connectivity index (χ0) is 16.4. The fourth-order valence-electron chi connectivity index (χ4n) is 2.60. The van der Waals surface area contributed by atoms with Gasteiger partial charge in [-0.3, -0.25) is 9.59 Å². The van der Waals surface area contributed by atoms with Crippen LogP contribution >= 0.6 is 11.6 Å². The van der Waals surface area contributed by atoms with Crippen LogP contribution in [0.25, 0.3) is 22.0 Å². The maximum absolute atomic E-state index is 12.8. The number of halogens is 1. The smallest absolute Gasteiger partial charge is 0.305 e. The molecular formula is C18H14ClNO3. The molecule has 23 heavy (non-hydrogen) atoms. The molecule has 0 atom stereocenters. The highest BCUT2D eigenvalue weighted by Crippen LogP contribution is 2.23. The molecule has 0 spiro atoms. The van der Waals surface area contributed by atoms with Gasteiger partial charge in [0, 0.05) is 17.1 Å². The molecule has 4 nitrogen and oxygen atoms in total. The second kappa shape index (κ2) is 6.26. The van der Waals surface area contributed by atoms with Gasteiger partial charge >= 0.3 is 5.97 Å². The third kappa shape index (κ3) is 3.12. The lowest BCUT2D eigenvalue weighted by molar-refractivity contribution is -0.137. The zero-order valence-corrected chi connectivity index (χ0v) is 13.0. The number of benzene rings is 2. The van der Waals surface area contributed by atoms with E-state index >= 15 is 0 Å². The molecule has 1 heterocycles. The van der Waals surface area contributed by atoms with Gasteiger partial charge in [0.1, 0.15) is 0 Å². The predicted molar refractivity (Wildman–Crippen MR) is 90.9 cm³/mol. The van der Waals surface area contributed by atoms with Crippen LogP contribution < -0.4 is 5.56 Å². The van der Waals surface area contributed by atoms with Gasteiger partial charge in [0.15, 0.2) is 0 Å². The number of pyridine rings is 1. The van der Waals surface area contributed by atoms with E-state index in [-0.39, 0.29) is 18.5 Å². The van der Waals surface area contributed by atoms with Crippen molar-refractivity contribution in [3.8, 4) is 11.1 Å². The summed E-state index contributed by atoms with van der Waals surface area (Å²) in [7, 11) is 0. The second-order valence-corrected chi connectivity index (χ2v) is 5.66. The Balaban J connectivity index is 2.27. The Bertz CT molecular complexity index is 932. The fraction of sp³-hybridized carbons (Fsp3) is 0.111. The van der Waals surface area contributed by atoms with Crippen molar-refractivity contribution >= 4 is 28.5 Å². The molecule has 0 fully saturated rings. The Kier molecular flexibility index (Phi) is 4.17. The van der Waals surface area contributed by atoms with Gasteiger partial charge in [0.25, 0.3) is 5.56 Å². The van der Waals surface area contributed by atoms with Crippen molar-refractivity contribution < 1.29 is 9.90 Å². The van der Waals surface area contributed by atoms with E-state index in [0.717, 1.165) is 10.9 Å². The summed E-state index contributed by atoms with van der Waals surface area (Å²) >= 11 is 6.03. The van der Waals surface area contributed by atoms with Crippen LogP contribution in [0, 0.1) is 0 Å². The van der Waals surface area contributed by atoms with E-state index in [9.17, 15) is 9.59 Å². The first-order valence-electron chi connectivity index (χ1n) is 7.16. The van der Waals surface area contributed by atoms with Gasteiger partial charge in [-0.25, -0.2) is 0 Å². The van der Waals surface area contributed by atoms with E-state index in [4.69, 9.17) is 16.7 Å². The van der Waals surface area contributed by atoms with Gasteiger partial charge in [0.05, 0.1) is 11.9 Å². The predicted octanol–water partition coefficient (Wildman–Crippen LogP) is 3.80. The van der Waals surface area contributed by atoms with Crippen molar-refractivity contribution in [1.29, 1.82) is 0 Å². The number of aryl methyl sites for hydroxylation is 1. The Morgan fingerprint density at radius 2 is 1.83 bits per heavy atom. The number of carboxylic acid groups (broad SMARTS) is 1. The molecule has 1 aromatic heterocycles. The first kappa shape index (κ1) is 15.3. The lowest BCUT2D eigenvalue weighted by Gasteiger charge is -2.13. The molecule has 0 saturated heterocycles. The number of hydrogen-bond donors (Lipinski definition) is 1. The molecule has 0 unspecified atom stereocenters. The minimum atomic E-state index is -0.947. The molecule has 1 N–H and O–H groups in total. The normalized spacial score (nSPS) is 10.8. The number of aromatic nitrogens is 1. The van der Waals surface area contributed by atoms with Gasteiger partial charge in [0.2, 0.25) is 0 Å². The summed E-state index contributed by atoms with van der Waals surface area (Å²) in [6.45, 7) is 0.103. The van der Waals surface area contributed by atoms with E-state index in [0.29, 0.717) is 16.1 Å². The van der Waals surface area contributed by atoms with Crippen LogP contribution in [-0.4, -0.2) is 15.6 Å². The number of aliphatic carboxylic acids is 1. The second-order valence-electron chi connectivity index (χ2n) is 5.23. The number of carbonyl (C=O) groups is 1. The van der Waals surface area contributed by atoms with Crippen LogP contribution in [0.2, 0.25) is 5.02 Å². The molecule has 0 aliphatic rings. The Morgan fingerprint density at radius 3 is 2.52 bits per heavy atom. The van der Waals surface area contributed by atoms with Crippen molar-refractivity contribution in [3.63, 3.8) is 0 Å². The maximum atomic E-state index is 12.8. The highest BCUT2D eigenvalue weighted by atomic mass is 35.5. The first-order valence-corrected chi connectivity index (χ1v) is 7.54. The molecule has 116 valence electrons. The van der Waals surface area contributed by atoms with Crippen molar-refractivity contribution in [2.45, 2.75) is 13.0 Å². The summed E-state index contributed by atoms with van der Waals surface area (Å²) in [6, 6.07) is 16.4. The van der Waals surface area contributed by atoms with Crippen LogP contribution in [0.5, 0.6) is 0 Å². The third-order valence-electron chi connectivity index (χ3n) is 3.69. The van der Waals surface area contributed by atoms with Crippen LogP contribution in [0.15, 0.2) is 59.4 Å². The van der Waals surface area contributed by atoms with Crippen molar-refractivity contribution in [3.05, 3.63) is 70.0 Å². The molecule has 0 saturated carbocycles. The fourth-order valence-corrected chi connectivity index (χ4v) is 2.76. The molecular weight excluding hydrogens is 314 g/mol. The van der Waals surface area contributed by atoms with Gasteiger partial charge in [-0.05, 0) is 29.1 Å². The quantitative estimate of drug-likeness (QED) is 0.793. The topological polar surface area (TPSA) is 59.3 Å². The van der Waals surface area contributed by atoms with E-state index in [1.807, 2.05) is 42.5 Å². The van der Waals surface area contributed by atoms with E-state index in [2.05, 4.69) is 0 Å². The SMILES string of the molecule is O=C(O)CCn1c(=O)c(-c2ccccc2)cc2ccc(Cl)cc21. The maximum Gasteiger partial charge on any atom is 0.305 e. The van der Waals surface area contributed by atoms with Crippen molar-refractivity contribution in [2.24, 2.45) is 0 Å². The summed E-state index contributed by atoms with van der Waals surface area (Å²) in [5.74, 6) is -0.947. The largest absolute Gasteiger partial charge is 0.481 e. The summed E-state index contributed by atoms with van der Waals surface area (Å²) in [6.07, 6.45) is -0.125. The van der Waals surface area contributed by atoms with Crippen LogP contribution in [0.3, 0.4) is 0 Å². The highest BCUT2D eigenvalue weighted by molar-refractivity contribution is 6.31. The van der Waals surface area contributed by atoms with E-state index < -0.39 is 5.97 Å². The van der Waals surface area contributed by atoms with Crippen LogP contribution in [0.1, 0.15) is 6.42 Å². The zero-order valence-electron chi connectivity index (χ0n) is 12.2. The van der Waals surface area contributed by atoms with Crippen LogP contribution in [-0.2, 0) is 11.3 Å². The molecule has 0 aliphatic carbocycles. The van der Waals surface area contributed by atoms with E-state index in [1.54, 1.807) is 12.1 Å². The number of fused-ring (bicyclic) bond motifs is 1. The number of rotatable bonds is 4. The van der Waals surface area contributed by atoms with Gasteiger partial charge in [-0.2, -0.15) is 0 Å². The summed E-state index contributed by atoms with van der Waals surface area (Å²) in [5.41, 5.74) is 1.78. The number of nitrogens with zero attached hydrogens (tertiary/aromatic N) is 1. The third-order valence-corrected chi connectivity index (χ3v) is 3.93. The first-order chi connectivity index (χ1) is 11.1. The lowest BCUT2D eigenvalue weighted by atomic mass is 10.0. The molecule has 0 radical (unpaired) electrons. The summed E-state index contributed by atoms with van der Waals surface area (Å²) in [4.78, 5) is 23.7. The van der Waals surface area contributed by atoms with Crippen molar-refractivity contribution in [2.75, 3.05) is 0 Å². The minimum Gasteiger partial charge on any atom is -0.481 e. The molecule has 0 amide bonds.